The Kier molecular flexibility index (Phi) is 5.33. The lowest BCUT2D eigenvalue weighted by molar-refractivity contribution is -0.137. The Morgan fingerprint density at radius 3 is 2.17 bits per heavy atom. The fraction of sp³-hybridized carbons (Fsp3) is 0.267. The molecule has 0 aliphatic carbocycles. The zero-order valence-corrected chi connectivity index (χ0v) is 13.4. The minimum atomic E-state index is -4.56. The molecule has 0 N–H and O–H groups in total. The molecule has 0 saturated carbocycles. The van der Waals surface area contributed by atoms with Gasteiger partial charge in [-0.15, -0.1) is 0 Å². The number of hydrogen-bond acceptors (Lipinski definition) is 5. The zero-order chi connectivity index (χ0) is 17.8. The standard InChI is InChI=1S/C15H14F3NO4S/c1-22-12-3-5-13(6-4-12)23-8-9-24(20,21)14-7-2-11(10-19-14)15(16,17)18/h2-7,10H,8-9H2,1H3. The van der Waals surface area contributed by atoms with E-state index in [4.69, 9.17) is 9.47 Å². The van der Waals surface area contributed by atoms with Crippen LogP contribution in [0.15, 0.2) is 47.6 Å². The first-order valence-electron chi connectivity index (χ1n) is 6.75. The van der Waals surface area contributed by atoms with Gasteiger partial charge >= 0.3 is 6.18 Å². The molecule has 2 rings (SSSR count). The number of ether oxygens (including phenoxy) is 2. The normalized spacial score (nSPS) is 12.0. The van der Waals surface area contributed by atoms with E-state index in [9.17, 15) is 21.6 Å². The van der Waals surface area contributed by atoms with Gasteiger partial charge in [0.25, 0.3) is 0 Å². The van der Waals surface area contributed by atoms with Crippen LogP contribution in [-0.2, 0) is 16.0 Å². The third kappa shape index (κ3) is 4.60. The first-order chi connectivity index (χ1) is 11.2. The van der Waals surface area contributed by atoms with Gasteiger partial charge in [-0.3, -0.25) is 0 Å². The number of rotatable bonds is 6. The van der Waals surface area contributed by atoms with Gasteiger partial charge in [0.1, 0.15) is 18.1 Å². The predicted molar refractivity (Wildman–Crippen MR) is 79.8 cm³/mol. The van der Waals surface area contributed by atoms with Crippen LogP contribution >= 0.6 is 0 Å². The summed E-state index contributed by atoms with van der Waals surface area (Å²) in [5.74, 6) is 0.674. The molecule has 1 heterocycles. The number of pyridine rings is 1. The van der Waals surface area contributed by atoms with Crippen LogP contribution in [0, 0.1) is 0 Å². The number of hydrogen-bond donors (Lipinski definition) is 0. The van der Waals surface area contributed by atoms with Crippen LogP contribution in [0.1, 0.15) is 5.56 Å². The summed E-state index contributed by atoms with van der Waals surface area (Å²) in [5, 5.41) is -0.422. The quantitative estimate of drug-likeness (QED) is 0.791. The Labute approximate surface area is 137 Å². The molecule has 1 aromatic carbocycles. The largest absolute Gasteiger partial charge is 0.497 e. The Balaban J connectivity index is 1.97. The number of alkyl halides is 3. The summed E-state index contributed by atoms with van der Waals surface area (Å²) in [7, 11) is -2.32. The van der Waals surface area contributed by atoms with Gasteiger partial charge < -0.3 is 9.47 Å². The summed E-state index contributed by atoms with van der Waals surface area (Å²) in [6.45, 7) is -0.155. The number of benzene rings is 1. The van der Waals surface area contributed by atoms with Crippen LogP contribution in [0.2, 0.25) is 0 Å². The van der Waals surface area contributed by atoms with Gasteiger partial charge in [0, 0.05) is 6.20 Å². The van der Waals surface area contributed by atoms with Crippen LogP contribution < -0.4 is 9.47 Å². The Bertz CT molecular complexity index is 772. The maximum Gasteiger partial charge on any atom is 0.417 e. The molecule has 0 aliphatic rings. The van der Waals surface area contributed by atoms with Gasteiger partial charge in [-0.05, 0) is 36.4 Å². The van der Waals surface area contributed by atoms with Crippen LogP contribution in [0.4, 0.5) is 13.2 Å². The van der Waals surface area contributed by atoms with Crippen molar-refractivity contribution in [2.24, 2.45) is 0 Å². The summed E-state index contributed by atoms with van der Waals surface area (Å²) in [6, 6.07) is 8.06. The van der Waals surface area contributed by atoms with Crippen molar-refractivity contribution in [1.29, 1.82) is 0 Å². The summed E-state index contributed by atoms with van der Waals surface area (Å²) in [5.41, 5.74) is -1.00. The van der Waals surface area contributed by atoms with E-state index in [1.54, 1.807) is 24.3 Å². The Morgan fingerprint density at radius 2 is 1.67 bits per heavy atom. The van der Waals surface area contributed by atoms with Crippen LogP contribution in [0.5, 0.6) is 11.5 Å². The molecule has 0 aliphatic heterocycles. The second kappa shape index (κ2) is 7.08. The minimum Gasteiger partial charge on any atom is -0.497 e. The minimum absolute atomic E-state index is 0.155. The first-order valence-corrected chi connectivity index (χ1v) is 8.40. The fourth-order valence-electron chi connectivity index (χ4n) is 1.78. The molecule has 0 spiro atoms. The van der Waals surface area contributed by atoms with Crippen molar-refractivity contribution in [3.05, 3.63) is 48.2 Å². The van der Waals surface area contributed by atoms with E-state index >= 15 is 0 Å². The van der Waals surface area contributed by atoms with E-state index in [2.05, 4.69) is 4.98 Å². The van der Waals surface area contributed by atoms with Crippen LogP contribution in [0.25, 0.3) is 0 Å². The molecule has 0 radical (unpaired) electrons. The highest BCUT2D eigenvalue weighted by Crippen LogP contribution is 2.28. The third-order valence-electron chi connectivity index (χ3n) is 3.06. The van der Waals surface area contributed by atoms with Crippen molar-refractivity contribution >= 4 is 9.84 Å². The second-order valence-corrected chi connectivity index (χ2v) is 6.78. The van der Waals surface area contributed by atoms with Crippen LogP contribution in [-0.4, -0.2) is 32.9 Å². The molecule has 0 unspecified atom stereocenters. The molecular formula is C15H14F3NO4S. The molecule has 9 heteroatoms. The summed E-state index contributed by atoms with van der Waals surface area (Å²) < 4.78 is 71.7. The van der Waals surface area contributed by atoms with Crippen molar-refractivity contribution in [2.75, 3.05) is 19.5 Å². The van der Waals surface area contributed by atoms with E-state index in [0.717, 1.165) is 6.07 Å². The van der Waals surface area contributed by atoms with Gasteiger partial charge in [-0.2, -0.15) is 13.2 Å². The molecule has 0 saturated heterocycles. The molecule has 130 valence electrons. The summed E-state index contributed by atoms with van der Waals surface area (Å²) >= 11 is 0. The van der Waals surface area contributed by atoms with Gasteiger partial charge in [0.15, 0.2) is 14.9 Å². The molecular weight excluding hydrogens is 347 g/mol. The van der Waals surface area contributed by atoms with Crippen LogP contribution in [0.3, 0.4) is 0 Å². The summed E-state index contributed by atoms with van der Waals surface area (Å²) in [4.78, 5) is 3.39. The SMILES string of the molecule is COc1ccc(OCCS(=O)(=O)c2ccc(C(F)(F)F)cn2)cc1. The summed E-state index contributed by atoms with van der Waals surface area (Å²) in [6.07, 6.45) is -4.07. The smallest absolute Gasteiger partial charge is 0.417 e. The monoisotopic (exact) mass is 361 g/mol. The highest BCUT2D eigenvalue weighted by atomic mass is 32.2. The number of sulfone groups is 1. The van der Waals surface area contributed by atoms with E-state index in [1.165, 1.54) is 7.11 Å². The van der Waals surface area contributed by atoms with Gasteiger partial charge in [0.05, 0.1) is 18.4 Å². The number of halogens is 3. The lowest BCUT2D eigenvalue weighted by Gasteiger charge is -2.09. The average molecular weight is 361 g/mol. The molecule has 0 amide bonds. The molecule has 1 aromatic heterocycles. The number of methoxy groups -OCH3 is 1. The molecule has 24 heavy (non-hydrogen) atoms. The highest BCUT2D eigenvalue weighted by Gasteiger charge is 2.31. The van der Waals surface area contributed by atoms with E-state index < -0.39 is 32.4 Å². The lowest BCUT2D eigenvalue weighted by Crippen LogP contribution is -2.16. The zero-order valence-electron chi connectivity index (χ0n) is 12.6. The Hall–Kier alpha value is -2.29. The molecule has 0 fully saturated rings. The second-order valence-electron chi connectivity index (χ2n) is 4.73. The number of nitrogens with zero attached hydrogens (tertiary/aromatic N) is 1. The van der Waals surface area contributed by atoms with Crippen molar-refractivity contribution in [3.8, 4) is 11.5 Å². The third-order valence-corrected chi connectivity index (χ3v) is 4.65. The molecule has 0 atom stereocenters. The maximum absolute atomic E-state index is 12.4. The molecule has 0 bridgehead atoms. The van der Waals surface area contributed by atoms with Crippen molar-refractivity contribution in [1.82, 2.24) is 4.98 Å². The maximum atomic E-state index is 12.4. The van der Waals surface area contributed by atoms with Crippen molar-refractivity contribution in [3.63, 3.8) is 0 Å². The van der Waals surface area contributed by atoms with Gasteiger partial charge in [-0.25, -0.2) is 13.4 Å². The fourth-order valence-corrected chi connectivity index (χ4v) is 2.78. The van der Waals surface area contributed by atoms with Gasteiger partial charge in [0.2, 0.25) is 0 Å². The van der Waals surface area contributed by atoms with Crippen molar-refractivity contribution < 1.29 is 31.1 Å². The lowest BCUT2D eigenvalue weighted by atomic mass is 10.3. The average Bonchev–Trinajstić information content (AvgIpc) is 2.55. The van der Waals surface area contributed by atoms with E-state index in [1.807, 2.05) is 0 Å². The first kappa shape index (κ1) is 18.1. The topological polar surface area (TPSA) is 65.5 Å². The van der Waals surface area contributed by atoms with Gasteiger partial charge in [-0.1, -0.05) is 0 Å². The number of aromatic nitrogens is 1. The van der Waals surface area contributed by atoms with Crippen molar-refractivity contribution in [2.45, 2.75) is 11.2 Å². The molecule has 2 aromatic rings. The van der Waals surface area contributed by atoms with E-state index in [0.29, 0.717) is 23.8 Å². The highest BCUT2D eigenvalue weighted by molar-refractivity contribution is 7.91. The predicted octanol–water partition coefficient (Wildman–Crippen LogP) is 2.96. The molecule has 5 nitrogen and oxygen atoms in total. The Morgan fingerprint density at radius 1 is 1.04 bits per heavy atom. The van der Waals surface area contributed by atoms with E-state index in [-0.39, 0.29) is 6.61 Å².